The molecule has 20 heavy (non-hydrogen) atoms. The molecule has 0 amide bonds. The molecular formula is C16H26ClFN2. The first-order valence-corrected chi connectivity index (χ1v) is 7.88. The fourth-order valence-corrected chi connectivity index (χ4v) is 2.64. The van der Waals surface area contributed by atoms with Gasteiger partial charge in [-0.15, -0.1) is 0 Å². The first-order valence-electron chi connectivity index (χ1n) is 7.50. The molecule has 1 aromatic carbocycles. The molecule has 1 unspecified atom stereocenters. The van der Waals surface area contributed by atoms with Crippen LogP contribution < -0.4 is 5.32 Å². The minimum atomic E-state index is -0.276. The molecule has 0 aliphatic carbocycles. The Kier molecular flexibility index (Phi) is 8.12. The fourth-order valence-electron chi connectivity index (χ4n) is 2.40. The highest BCUT2D eigenvalue weighted by Gasteiger charge is 2.12. The van der Waals surface area contributed by atoms with E-state index >= 15 is 0 Å². The predicted molar refractivity (Wildman–Crippen MR) is 85.0 cm³/mol. The number of likely N-dealkylation sites (N-methyl/N-ethyl adjacent to an activating group) is 1. The standard InChI is InChI=1S/C16H26ClFN2/c1-4-19-15(9-10-20(5-2)6-3)11-13-7-8-14(18)12-16(13)17/h7-8,12,15,19H,4-6,9-11H2,1-3H3. The van der Waals surface area contributed by atoms with E-state index in [0.29, 0.717) is 11.1 Å². The van der Waals surface area contributed by atoms with E-state index in [1.807, 2.05) is 0 Å². The Balaban J connectivity index is 2.61. The van der Waals surface area contributed by atoms with E-state index in [1.54, 1.807) is 6.07 Å². The minimum Gasteiger partial charge on any atom is -0.314 e. The molecule has 1 N–H and O–H groups in total. The van der Waals surface area contributed by atoms with Crippen LogP contribution in [0.4, 0.5) is 4.39 Å². The van der Waals surface area contributed by atoms with Gasteiger partial charge < -0.3 is 10.2 Å². The van der Waals surface area contributed by atoms with Gasteiger partial charge in [-0.25, -0.2) is 4.39 Å². The SMILES string of the molecule is CCNC(CCN(CC)CC)Cc1ccc(F)cc1Cl. The second kappa shape index (κ2) is 9.32. The topological polar surface area (TPSA) is 15.3 Å². The molecule has 4 heteroatoms. The first kappa shape index (κ1) is 17.4. The largest absolute Gasteiger partial charge is 0.314 e. The second-order valence-corrected chi connectivity index (χ2v) is 5.42. The van der Waals surface area contributed by atoms with Gasteiger partial charge in [0.15, 0.2) is 0 Å². The van der Waals surface area contributed by atoms with Crippen LogP contribution in [0, 0.1) is 5.82 Å². The lowest BCUT2D eigenvalue weighted by Gasteiger charge is -2.23. The fraction of sp³-hybridized carbons (Fsp3) is 0.625. The Labute approximate surface area is 127 Å². The first-order chi connectivity index (χ1) is 9.60. The Hall–Kier alpha value is -0.640. The van der Waals surface area contributed by atoms with Crippen LogP contribution in [0.25, 0.3) is 0 Å². The van der Waals surface area contributed by atoms with Gasteiger partial charge in [-0.05, 0) is 56.7 Å². The van der Waals surface area contributed by atoms with Crippen LogP contribution in [-0.2, 0) is 6.42 Å². The molecule has 2 nitrogen and oxygen atoms in total. The van der Waals surface area contributed by atoms with Crippen molar-refractivity contribution in [1.29, 1.82) is 0 Å². The third-order valence-corrected chi connectivity index (χ3v) is 4.01. The average molecular weight is 301 g/mol. The van der Waals surface area contributed by atoms with Gasteiger partial charge in [0, 0.05) is 11.1 Å². The molecular weight excluding hydrogens is 275 g/mol. The van der Waals surface area contributed by atoms with E-state index in [0.717, 1.165) is 44.6 Å². The average Bonchev–Trinajstić information content (AvgIpc) is 2.43. The van der Waals surface area contributed by atoms with E-state index in [-0.39, 0.29) is 5.82 Å². The third kappa shape index (κ3) is 5.78. The lowest BCUT2D eigenvalue weighted by Crippen LogP contribution is -2.35. The molecule has 0 heterocycles. The highest BCUT2D eigenvalue weighted by atomic mass is 35.5. The maximum absolute atomic E-state index is 13.1. The molecule has 0 saturated heterocycles. The summed E-state index contributed by atoms with van der Waals surface area (Å²) in [6.07, 6.45) is 1.91. The highest BCUT2D eigenvalue weighted by Crippen LogP contribution is 2.19. The van der Waals surface area contributed by atoms with Crippen LogP contribution >= 0.6 is 11.6 Å². The zero-order valence-corrected chi connectivity index (χ0v) is 13.5. The highest BCUT2D eigenvalue weighted by molar-refractivity contribution is 6.31. The molecule has 0 saturated carbocycles. The van der Waals surface area contributed by atoms with Crippen molar-refractivity contribution < 1.29 is 4.39 Å². The van der Waals surface area contributed by atoms with Gasteiger partial charge in [-0.2, -0.15) is 0 Å². The van der Waals surface area contributed by atoms with Crippen molar-refractivity contribution in [3.8, 4) is 0 Å². The summed E-state index contributed by atoms with van der Waals surface area (Å²) in [5, 5.41) is 4.02. The molecule has 1 aromatic rings. The summed E-state index contributed by atoms with van der Waals surface area (Å²) < 4.78 is 13.1. The van der Waals surface area contributed by atoms with Gasteiger partial charge in [-0.1, -0.05) is 38.4 Å². The predicted octanol–water partition coefficient (Wildman–Crippen LogP) is 3.73. The zero-order chi connectivity index (χ0) is 15.0. The summed E-state index contributed by atoms with van der Waals surface area (Å²) in [5.74, 6) is -0.276. The number of hydrogen-bond donors (Lipinski definition) is 1. The van der Waals surface area contributed by atoms with Crippen molar-refractivity contribution in [2.24, 2.45) is 0 Å². The van der Waals surface area contributed by atoms with Gasteiger partial charge in [0.2, 0.25) is 0 Å². The maximum atomic E-state index is 13.1. The number of rotatable bonds is 9. The number of nitrogens with zero attached hydrogens (tertiary/aromatic N) is 1. The molecule has 1 atom stereocenters. The van der Waals surface area contributed by atoms with Crippen molar-refractivity contribution in [1.82, 2.24) is 10.2 Å². The smallest absolute Gasteiger partial charge is 0.124 e. The summed E-state index contributed by atoms with van der Waals surface area (Å²) in [5.41, 5.74) is 1.01. The van der Waals surface area contributed by atoms with Crippen LogP contribution in [-0.4, -0.2) is 37.1 Å². The summed E-state index contributed by atoms with van der Waals surface area (Å²) in [6.45, 7) is 10.6. The van der Waals surface area contributed by atoms with Crippen molar-refractivity contribution >= 4 is 11.6 Å². The molecule has 0 bridgehead atoms. The number of halogens is 2. The molecule has 0 spiro atoms. The molecule has 0 aromatic heterocycles. The Bertz CT molecular complexity index is 394. The van der Waals surface area contributed by atoms with Gasteiger partial charge >= 0.3 is 0 Å². The normalized spacial score (nSPS) is 12.9. The van der Waals surface area contributed by atoms with E-state index in [9.17, 15) is 4.39 Å². The van der Waals surface area contributed by atoms with Crippen LogP contribution in [0.2, 0.25) is 5.02 Å². The summed E-state index contributed by atoms with van der Waals surface area (Å²) in [4.78, 5) is 2.41. The summed E-state index contributed by atoms with van der Waals surface area (Å²) in [7, 11) is 0. The second-order valence-electron chi connectivity index (χ2n) is 5.01. The lowest BCUT2D eigenvalue weighted by molar-refractivity contribution is 0.281. The maximum Gasteiger partial charge on any atom is 0.124 e. The van der Waals surface area contributed by atoms with Gasteiger partial charge in [0.05, 0.1) is 0 Å². The van der Waals surface area contributed by atoms with Crippen LogP contribution in [0.3, 0.4) is 0 Å². The van der Waals surface area contributed by atoms with E-state index in [2.05, 4.69) is 31.0 Å². The van der Waals surface area contributed by atoms with Crippen molar-refractivity contribution in [3.05, 3.63) is 34.6 Å². The Morgan fingerprint density at radius 2 is 1.95 bits per heavy atom. The minimum absolute atomic E-state index is 0.276. The van der Waals surface area contributed by atoms with Crippen LogP contribution in [0.15, 0.2) is 18.2 Å². The monoisotopic (exact) mass is 300 g/mol. The van der Waals surface area contributed by atoms with Crippen LogP contribution in [0.5, 0.6) is 0 Å². The van der Waals surface area contributed by atoms with E-state index < -0.39 is 0 Å². The van der Waals surface area contributed by atoms with Crippen molar-refractivity contribution in [2.75, 3.05) is 26.2 Å². The van der Waals surface area contributed by atoms with Gasteiger partial charge in [0.25, 0.3) is 0 Å². The molecule has 0 aliphatic heterocycles. The molecule has 1 rings (SSSR count). The van der Waals surface area contributed by atoms with Crippen LogP contribution in [0.1, 0.15) is 32.8 Å². The number of benzene rings is 1. The van der Waals surface area contributed by atoms with Gasteiger partial charge in [-0.3, -0.25) is 0 Å². The number of nitrogens with one attached hydrogen (secondary N) is 1. The van der Waals surface area contributed by atoms with E-state index in [4.69, 9.17) is 11.6 Å². The quantitative estimate of drug-likeness (QED) is 0.747. The zero-order valence-electron chi connectivity index (χ0n) is 12.8. The molecule has 0 fully saturated rings. The Morgan fingerprint density at radius 1 is 1.25 bits per heavy atom. The summed E-state index contributed by atoms with van der Waals surface area (Å²) in [6, 6.07) is 5.04. The van der Waals surface area contributed by atoms with E-state index in [1.165, 1.54) is 12.1 Å². The Morgan fingerprint density at radius 3 is 2.50 bits per heavy atom. The van der Waals surface area contributed by atoms with Crippen molar-refractivity contribution in [2.45, 2.75) is 39.7 Å². The summed E-state index contributed by atoms with van der Waals surface area (Å²) >= 11 is 6.11. The molecule has 0 radical (unpaired) electrons. The third-order valence-electron chi connectivity index (χ3n) is 3.66. The molecule has 114 valence electrons. The number of hydrogen-bond acceptors (Lipinski definition) is 2. The van der Waals surface area contributed by atoms with Crippen molar-refractivity contribution in [3.63, 3.8) is 0 Å². The molecule has 0 aliphatic rings. The lowest BCUT2D eigenvalue weighted by atomic mass is 10.0. The van der Waals surface area contributed by atoms with Gasteiger partial charge in [0.1, 0.15) is 5.82 Å².